The molecule has 3 amide bonds. The van der Waals surface area contributed by atoms with Gasteiger partial charge in [-0.3, -0.25) is 14.4 Å². The average Bonchev–Trinajstić information content (AvgIpc) is 3.03. The largest absolute Gasteiger partial charge is 0.322 e. The van der Waals surface area contributed by atoms with Crippen molar-refractivity contribution in [2.75, 3.05) is 10.2 Å². The zero-order valence-corrected chi connectivity index (χ0v) is 18.4. The van der Waals surface area contributed by atoms with E-state index in [1.807, 2.05) is 32.0 Å². The van der Waals surface area contributed by atoms with Gasteiger partial charge in [-0.15, -0.1) is 11.8 Å². The van der Waals surface area contributed by atoms with Gasteiger partial charge in [-0.1, -0.05) is 30.3 Å². The Kier molecular flexibility index (Phi) is 6.10. The monoisotopic (exact) mass is 448 g/mol. The lowest BCUT2D eigenvalue weighted by Crippen LogP contribution is -2.32. The summed E-state index contributed by atoms with van der Waals surface area (Å²) in [5.41, 5.74) is 2.90. The van der Waals surface area contributed by atoms with Crippen LogP contribution in [0.1, 0.15) is 27.9 Å². The third kappa shape index (κ3) is 4.29. The van der Waals surface area contributed by atoms with E-state index in [0.29, 0.717) is 11.4 Å². The van der Waals surface area contributed by atoms with E-state index in [1.54, 1.807) is 30.3 Å². The molecule has 0 saturated carbocycles. The molecule has 0 radical (unpaired) electrons. The molecule has 7 heteroatoms. The van der Waals surface area contributed by atoms with Crippen molar-refractivity contribution in [1.82, 2.24) is 0 Å². The molecule has 5 nitrogen and oxygen atoms in total. The summed E-state index contributed by atoms with van der Waals surface area (Å²) >= 11 is 1.31. The van der Waals surface area contributed by atoms with E-state index in [9.17, 15) is 18.8 Å². The number of anilines is 2. The first kappa shape index (κ1) is 21.8. The Balaban J connectivity index is 1.45. The van der Waals surface area contributed by atoms with Crippen LogP contribution in [0.5, 0.6) is 0 Å². The molecular weight excluding hydrogens is 427 g/mol. The van der Waals surface area contributed by atoms with Gasteiger partial charge in [0.1, 0.15) is 5.82 Å². The van der Waals surface area contributed by atoms with Crippen LogP contribution >= 0.6 is 11.8 Å². The van der Waals surface area contributed by atoms with Gasteiger partial charge in [-0.2, -0.15) is 0 Å². The summed E-state index contributed by atoms with van der Waals surface area (Å²) in [5.74, 6) is -1.56. The summed E-state index contributed by atoms with van der Waals surface area (Å²) in [4.78, 5) is 40.0. The van der Waals surface area contributed by atoms with Crippen molar-refractivity contribution >= 4 is 40.9 Å². The first-order valence-electron chi connectivity index (χ1n) is 10.1. The molecule has 1 N–H and O–H groups in total. The number of aryl methyl sites for hydroxylation is 2. The second kappa shape index (κ2) is 8.96. The number of thioether (sulfide) groups is 1. The quantitative estimate of drug-likeness (QED) is 0.550. The third-order valence-electron chi connectivity index (χ3n) is 5.28. The van der Waals surface area contributed by atoms with Crippen molar-refractivity contribution in [3.63, 3.8) is 0 Å². The molecule has 1 saturated heterocycles. The Hall–Kier alpha value is -3.45. The maximum absolute atomic E-state index is 13.8. The molecule has 4 rings (SSSR count). The fourth-order valence-corrected chi connectivity index (χ4v) is 4.77. The summed E-state index contributed by atoms with van der Waals surface area (Å²) in [6, 6.07) is 18.3. The van der Waals surface area contributed by atoms with Gasteiger partial charge in [0, 0.05) is 17.0 Å². The van der Waals surface area contributed by atoms with E-state index in [1.165, 1.54) is 34.9 Å². The highest BCUT2D eigenvalue weighted by atomic mass is 32.2. The third-order valence-corrected chi connectivity index (χ3v) is 6.47. The fraction of sp³-hybridized carbons (Fsp3) is 0.160. The summed E-state index contributed by atoms with van der Waals surface area (Å²) in [6.45, 7) is 3.77. The normalized spacial score (nSPS) is 15.8. The second-order valence-corrected chi connectivity index (χ2v) is 8.85. The second-order valence-electron chi connectivity index (χ2n) is 7.58. The molecule has 0 aliphatic carbocycles. The Morgan fingerprint density at radius 3 is 2.28 bits per heavy atom. The van der Waals surface area contributed by atoms with E-state index in [-0.39, 0.29) is 23.8 Å². The number of imide groups is 1. The zero-order valence-electron chi connectivity index (χ0n) is 17.6. The molecule has 1 fully saturated rings. The van der Waals surface area contributed by atoms with E-state index in [2.05, 4.69) is 5.32 Å². The van der Waals surface area contributed by atoms with Gasteiger partial charge in [0.2, 0.25) is 11.8 Å². The molecule has 1 heterocycles. The number of carbonyl (C=O) groups excluding carboxylic acids is 3. The predicted octanol–water partition coefficient (Wildman–Crippen LogP) is 5.12. The lowest BCUT2D eigenvalue weighted by atomic mass is 10.1. The number of para-hydroxylation sites is 1. The standard InChI is InChI=1S/C25H21FN2O3S/c1-15-6-5-7-16(2)23(15)28-22(29)14-21(25(28)31)32-18-12-10-17(11-13-18)27-24(30)19-8-3-4-9-20(19)26/h3-13,21H,14H2,1-2H3,(H,27,30). The number of carbonyl (C=O) groups is 3. The van der Waals surface area contributed by atoms with Crippen molar-refractivity contribution < 1.29 is 18.8 Å². The van der Waals surface area contributed by atoms with Crippen LogP contribution in [0.25, 0.3) is 0 Å². The van der Waals surface area contributed by atoms with Crippen LogP contribution in [0.2, 0.25) is 0 Å². The van der Waals surface area contributed by atoms with Gasteiger partial charge in [-0.25, -0.2) is 9.29 Å². The van der Waals surface area contributed by atoms with Crippen LogP contribution in [-0.4, -0.2) is 23.0 Å². The van der Waals surface area contributed by atoms with E-state index < -0.39 is 17.0 Å². The van der Waals surface area contributed by atoms with Crippen LogP contribution in [0, 0.1) is 19.7 Å². The smallest absolute Gasteiger partial charge is 0.258 e. The predicted molar refractivity (Wildman–Crippen MR) is 123 cm³/mol. The fourth-order valence-electron chi connectivity index (χ4n) is 3.71. The van der Waals surface area contributed by atoms with Gasteiger partial charge in [-0.05, 0) is 61.4 Å². The van der Waals surface area contributed by atoms with Crippen LogP contribution in [0.15, 0.2) is 71.6 Å². The molecular formula is C25H21FN2O3S. The van der Waals surface area contributed by atoms with Crippen LogP contribution in [-0.2, 0) is 9.59 Å². The molecule has 1 aliphatic heterocycles. The van der Waals surface area contributed by atoms with Crippen molar-refractivity contribution in [1.29, 1.82) is 0 Å². The molecule has 0 spiro atoms. The SMILES string of the molecule is Cc1cccc(C)c1N1C(=O)CC(Sc2ccc(NC(=O)c3ccccc3F)cc2)C1=O. The number of nitrogens with zero attached hydrogens (tertiary/aromatic N) is 1. The number of rotatable bonds is 5. The Labute approximate surface area is 189 Å². The van der Waals surface area contributed by atoms with Crippen LogP contribution in [0.3, 0.4) is 0 Å². The molecule has 3 aromatic carbocycles. The Morgan fingerprint density at radius 2 is 1.62 bits per heavy atom. The number of hydrogen-bond donors (Lipinski definition) is 1. The van der Waals surface area contributed by atoms with E-state index in [0.717, 1.165) is 16.0 Å². The molecule has 32 heavy (non-hydrogen) atoms. The average molecular weight is 449 g/mol. The maximum atomic E-state index is 13.8. The lowest BCUT2D eigenvalue weighted by molar-refractivity contribution is -0.121. The molecule has 1 unspecified atom stereocenters. The van der Waals surface area contributed by atoms with Crippen molar-refractivity contribution in [3.8, 4) is 0 Å². The van der Waals surface area contributed by atoms with E-state index in [4.69, 9.17) is 0 Å². The highest BCUT2D eigenvalue weighted by molar-refractivity contribution is 8.00. The minimum absolute atomic E-state index is 0.0346. The first-order valence-corrected chi connectivity index (χ1v) is 11.0. The summed E-state index contributed by atoms with van der Waals surface area (Å²) in [7, 11) is 0. The van der Waals surface area contributed by atoms with Gasteiger partial charge in [0.15, 0.2) is 0 Å². The number of halogens is 1. The van der Waals surface area contributed by atoms with Crippen molar-refractivity contribution in [2.24, 2.45) is 0 Å². The van der Waals surface area contributed by atoms with Crippen LogP contribution in [0.4, 0.5) is 15.8 Å². The minimum Gasteiger partial charge on any atom is -0.322 e. The van der Waals surface area contributed by atoms with Gasteiger partial charge < -0.3 is 5.32 Å². The molecule has 1 aliphatic rings. The molecule has 1 atom stereocenters. The number of hydrogen-bond acceptors (Lipinski definition) is 4. The van der Waals surface area contributed by atoms with Crippen molar-refractivity contribution in [2.45, 2.75) is 30.4 Å². The molecule has 0 aromatic heterocycles. The highest BCUT2D eigenvalue weighted by Crippen LogP contribution is 2.36. The first-order chi connectivity index (χ1) is 15.3. The minimum atomic E-state index is -0.588. The van der Waals surface area contributed by atoms with Gasteiger partial charge in [0.25, 0.3) is 5.91 Å². The maximum Gasteiger partial charge on any atom is 0.258 e. The molecule has 162 valence electrons. The Bertz CT molecular complexity index is 1190. The van der Waals surface area contributed by atoms with E-state index >= 15 is 0 Å². The summed E-state index contributed by atoms with van der Waals surface area (Å²) in [6.07, 6.45) is 0.128. The molecule has 3 aromatic rings. The number of benzene rings is 3. The van der Waals surface area contributed by atoms with Gasteiger partial charge >= 0.3 is 0 Å². The molecule has 0 bridgehead atoms. The summed E-state index contributed by atoms with van der Waals surface area (Å²) in [5, 5.41) is 2.15. The van der Waals surface area contributed by atoms with Gasteiger partial charge in [0.05, 0.1) is 16.5 Å². The summed E-state index contributed by atoms with van der Waals surface area (Å²) < 4.78 is 13.8. The number of amides is 3. The number of nitrogens with one attached hydrogen (secondary N) is 1. The topological polar surface area (TPSA) is 66.5 Å². The van der Waals surface area contributed by atoms with Crippen LogP contribution < -0.4 is 10.2 Å². The lowest BCUT2D eigenvalue weighted by Gasteiger charge is -2.19. The zero-order chi connectivity index (χ0) is 22.8. The Morgan fingerprint density at radius 1 is 0.969 bits per heavy atom. The van der Waals surface area contributed by atoms with Crippen molar-refractivity contribution in [3.05, 3.63) is 89.2 Å². The highest BCUT2D eigenvalue weighted by Gasteiger charge is 2.41.